The molecule has 6 nitrogen and oxygen atoms in total. The first kappa shape index (κ1) is 23.5. The smallest absolute Gasteiger partial charge is 0.261 e. The van der Waals surface area contributed by atoms with Gasteiger partial charge >= 0.3 is 0 Å². The van der Waals surface area contributed by atoms with E-state index in [2.05, 4.69) is 5.32 Å². The van der Waals surface area contributed by atoms with Crippen LogP contribution in [-0.4, -0.2) is 42.5 Å². The molecule has 0 radical (unpaired) electrons. The molecular formula is C23H29ClN2O4. The van der Waals surface area contributed by atoms with Gasteiger partial charge in [-0.05, 0) is 56.2 Å². The van der Waals surface area contributed by atoms with Crippen LogP contribution in [0.15, 0.2) is 48.5 Å². The molecule has 162 valence electrons. The van der Waals surface area contributed by atoms with Crippen LogP contribution in [0.4, 0.5) is 0 Å². The molecule has 0 spiro atoms. The van der Waals surface area contributed by atoms with E-state index < -0.39 is 6.04 Å². The highest BCUT2D eigenvalue weighted by Gasteiger charge is 2.27. The topological polar surface area (TPSA) is 67.9 Å². The third kappa shape index (κ3) is 6.66. The summed E-state index contributed by atoms with van der Waals surface area (Å²) in [5.41, 5.74) is 0.764. The van der Waals surface area contributed by atoms with Gasteiger partial charge in [0.15, 0.2) is 6.61 Å². The molecular weight excluding hydrogens is 404 g/mol. The van der Waals surface area contributed by atoms with E-state index in [0.717, 1.165) is 12.0 Å². The molecule has 2 aromatic carbocycles. The van der Waals surface area contributed by atoms with Crippen LogP contribution in [0.1, 0.15) is 32.8 Å². The van der Waals surface area contributed by atoms with Crippen LogP contribution in [0, 0.1) is 0 Å². The van der Waals surface area contributed by atoms with Crippen LogP contribution in [0.3, 0.4) is 0 Å². The fourth-order valence-electron chi connectivity index (χ4n) is 2.76. The van der Waals surface area contributed by atoms with Crippen LogP contribution in [0.25, 0.3) is 0 Å². The van der Waals surface area contributed by atoms with Crippen molar-refractivity contribution in [1.82, 2.24) is 10.2 Å². The van der Waals surface area contributed by atoms with Crippen molar-refractivity contribution in [2.24, 2.45) is 0 Å². The minimum atomic E-state index is -0.678. The Morgan fingerprint density at radius 2 is 1.70 bits per heavy atom. The van der Waals surface area contributed by atoms with E-state index >= 15 is 0 Å². The zero-order valence-corrected chi connectivity index (χ0v) is 18.6. The third-order valence-electron chi connectivity index (χ3n) is 4.89. The molecule has 2 amide bonds. The number of nitrogens with zero attached hydrogens (tertiary/aromatic N) is 1. The van der Waals surface area contributed by atoms with Crippen LogP contribution >= 0.6 is 11.6 Å². The molecule has 30 heavy (non-hydrogen) atoms. The zero-order chi connectivity index (χ0) is 22.1. The molecule has 0 saturated carbocycles. The molecule has 0 fully saturated rings. The number of nitrogens with one attached hydrogen (secondary N) is 1. The van der Waals surface area contributed by atoms with Gasteiger partial charge in [-0.15, -0.1) is 0 Å². The summed E-state index contributed by atoms with van der Waals surface area (Å²) in [6, 6.07) is 13.6. The summed E-state index contributed by atoms with van der Waals surface area (Å²) in [5.74, 6) is 0.717. The Morgan fingerprint density at radius 3 is 2.30 bits per heavy atom. The van der Waals surface area contributed by atoms with E-state index in [-0.39, 0.29) is 31.0 Å². The molecule has 0 aliphatic heterocycles. The van der Waals surface area contributed by atoms with Gasteiger partial charge in [0.2, 0.25) is 5.91 Å². The Bertz CT molecular complexity index is 841. The van der Waals surface area contributed by atoms with Crippen molar-refractivity contribution >= 4 is 23.4 Å². The number of benzene rings is 2. The number of halogens is 1. The maximum absolute atomic E-state index is 13.0. The summed E-state index contributed by atoms with van der Waals surface area (Å²) < 4.78 is 10.8. The Hall–Kier alpha value is -2.73. The average molecular weight is 433 g/mol. The second kappa shape index (κ2) is 11.5. The highest BCUT2D eigenvalue weighted by molar-refractivity contribution is 6.31. The lowest BCUT2D eigenvalue weighted by molar-refractivity contribution is -0.142. The molecule has 2 atom stereocenters. The number of carbonyl (C=O) groups excluding carboxylic acids is 2. The third-order valence-corrected chi connectivity index (χ3v) is 5.26. The predicted molar refractivity (Wildman–Crippen MR) is 118 cm³/mol. The maximum Gasteiger partial charge on any atom is 0.261 e. The number of ether oxygens (including phenoxy) is 2. The summed E-state index contributed by atoms with van der Waals surface area (Å²) in [6.45, 7) is 5.64. The van der Waals surface area contributed by atoms with E-state index in [1.807, 2.05) is 32.0 Å². The average Bonchev–Trinajstić information content (AvgIpc) is 2.76. The lowest BCUT2D eigenvalue weighted by atomic mass is 10.1. The van der Waals surface area contributed by atoms with E-state index in [9.17, 15) is 9.59 Å². The summed E-state index contributed by atoms with van der Waals surface area (Å²) in [7, 11) is 1.58. The number of hydrogen-bond donors (Lipinski definition) is 1. The van der Waals surface area contributed by atoms with Gasteiger partial charge in [-0.3, -0.25) is 9.59 Å². The van der Waals surface area contributed by atoms with Crippen molar-refractivity contribution in [3.05, 3.63) is 59.1 Å². The summed E-state index contributed by atoms with van der Waals surface area (Å²) >= 11 is 6.28. The predicted octanol–water partition coefficient (Wildman–Crippen LogP) is 4.06. The standard InChI is InChI=1S/C23H29ClN2O4/c1-5-16(2)25-23(28)17(3)26(14-18-8-6-7-9-21(18)24)22(27)15-30-20-12-10-19(29-4)11-13-20/h6-13,16-17H,5,14-15H2,1-4H3,(H,25,28)/t16-,17-/m1/s1. The van der Waals surface area contributed by atoms with Gasteiger partial charge in [0.1, 0.15) is 17.5 Å². The number of rotatable bonds is 10. The van der Waals surface area contributed by atoms with E-state index in [1.165, 1.54) is 4.90 Å². The first-order valence-electron chi connectivity index (χ1n) is 9.95. The Labute approximate surface area is 183 Å². The number of carbonyl (C=O) groups is 2. The van der Waals surface area contributed by atoms with Crippen LogP contribution in [0.2, 0.25) is 5.02 Å². The molecule has 0 aromatic heterocycles. The minimum absolute atomic E-state index is 0.0211. The molecule has 0 aliphatic carbocycles. The number of hydrogen-bond acceptors (Lipinski definition) is 4. The molecule has 0 bridgehead atoms. The Balaban J connectivity index is 2.14. The SMILES string of the molecule is CC[C@@H](C)NC(=O)[C@@H](C)N(Cc1ccccc1Cl)C(=O)COc1ccc(OC)cc1. The number of amides is 2. The van der Waals surface area contributed by atoms with Gasteiger partial charge in [0.05, 0.1) is 7.11 Å². The molecule has 0 heterocycles. The zero-order valence-electron chi connectivity index (χ0n) is 17.9. The second-order valence-electron chi connectivity index (χ2n) is 7.07. The van der Waals surface area contributed by atoms with Crippen molar-refractivity contribution in [2.75, 3.05) is 13.7 Å². The van der Waals surface area contributed by atoms with Gasteiger partial charge in [-0.1, -0.05) is 36.7 Å². The normalized spacial score (nSPS) is 12.6. The van der Waals surface area contributed by atoms with Gasteiger partial charge in [-0.25, -0.2) is 0 Å². The molecule has 0 saturated heterocycles. The first-order valence-corrected chi connectivity index (χ1v) is 10.3. The molecule has 0 unspecified atom stereocenters. The fraction of sp³-hybridized carbons (Fsp3) is 0.391. The quantitative estimate of drug-likeness (QED) is 0.614. The summed E-state index contributed by atoms with van der Waals surface area (Å²) in [5, 5.41) is 3.47. The molecule has 0 aliphatic rings. The molecule has 1 N–H and O–H groups in total. The van der Waals surface area contributed by atoms with Gasteiger partial charge in [0, 0.05) is 17.6 Å². The lowest BCUT2D eigenvalue weighted by Crippen LogP contribution is -2.50. The van der Waals surface area contributed by atoms with Crippen LogP contribution in [0.5, 0.6) is 11.5 Å². The van der Waals surface area contributed by atoms with Crippen LogP contribution in [-0.2, 0) is 16.1 Å². The summed E-state index contributed by atoms with van der Waals surface area (Å²) in [4.78, 5) is 27.2. The maximum atomic E-state index is 13.0. The van der Waals surface area contributed by atoms with E-state index in [4.69, 9.17) is 21.1 Å². The van der Waals surface area contributed by atoms with Crippen molar-refractivity contribution in [3.8, 4) is 11.5 Å². The van der Waals surface area contributed by atoms with E-state index in [0.29, 0.717) is 16.5 Å². The molecule has 7 heteroatoms. The molecule has 2 rings (SSSR count). The largest absolute Gasteiger partial charge is 0.497 e. The van der Waals surface area contributed by atoms with Gasteiger partial charge in [-0.2, -0.15) is 0 Å². The second-order valence-corrected chi connectivity index (χ2v) is 7.48. The lowest BCUT2D eigenvalue weighted by Gasteiger charge is -2.30. The first-order chi connectivity index (χ1) is 14.3. The van der Waals surface area contributed by atoms with Crippen molar-refractivity contribution in [2.45, 2.75) is 45.8 Å². The minimum Gasteiger partial charge on any atom is -0.497 e. The fourth-order valence-corrected chi connectivity index (χ4v) is 2.95. The van der Waals surface area contributed by atoms with Gasteiger partial charge < -0.3 is 19.7 Å². The highest BCUT2D eigenvalue weighted by Crippen LogP contribution is 2.20. The Kier molecular flexibility index (Phi) is 8.99. The van der Waals surface area contributed by atoms with Gasteiger partial charge in [0.25, 0.3) is 5.91 Å². The molecule has 2 aromatic rings. The van der Waals surface area contributed by atoms with Crippen LogP contribution < -0.4 is 14.8 Å². The number of methoxy groups -OCH3 is 1. The van der Waals surface area contributed by atoms with E-state index in [1.54, 1.807) is 44.4 Å². The highest BCUT2D eigenvalue weighted by atomic mass is 35.5. The van der Waals surface area contributed by atoms with Crippen molar-refractivity contribution < 1.29 is 19.1 Å². The summed E-state index contributed by atoms with van der Waals surface area (Å²) in [6.07, 6.45) is 0.803. The Morgan fingerprint density at radius 1 is 1.07 bits per heavy atom. The van der Waals surface area contributed by atoms with Crippen molar-refractivity contribution in [1.29, 1.82) is 0 Å². The van der Waals surface area contributed by atoms with Crippen molar-refractivity contribution in [3.63, 3.8) is 0 Å². The monoisotopic (exact) mass is 432 g/mol.